The van der Waals surface area contributed by atoms with Crippen LogP contribution in [-0.4, -0.2) is 38.6 Å². The first-order chi connectivity index (χ1) is 8.61. The molecule has 0 fully saturated rings. The fourth-order valence-corrected chi connectivity index (χ4v) is 2.05. The van der Waals surface area contributed by atoms with E-state index in [1.54, 1.807) is 0 Å². The second-order valence-electron chi connectivity index (χ2n) is 5.57. The van der Waals surface area contributed by atoms with Crippen molar-refractivity contribution in [3.63, 3.8) is 0 Å². The second-order valence-corrected chi connectivity index (χ2v) is 5.57. The van der Waals surface area contributed by atoms with E-state index in [1.807, 2.05) is 7.05 Å². The Labute approximate surface area is 112 Å². The number of likely N-dealkylation sites (N-methyl/N-ethyl adjacent to an activating group) is 2. The van der Waals surface area contributed by atoms with Crippen LogP contribution in [0.3, 0.4) is 0 Å². The molecule has 0 aliphatic rings. The van der Waals surface area contributed by atoms with E-state index in [1.165, 1.54) is 17.5 Å². The Morgan fingerprint density at radius 2 is 1.67 bits per heavy atom. The van der Waals surface area contributed by atoms with E-state index in [-0.39, 0.29) is 0 Å². The predicted octanol–water partition coefficient (Wildman–Crippen LogP) is 2.58. The Morgan fingerprint density at radius 1 is 1.06 bits per heavy atom. The van der Waals surface area contributed by atoms with Gasteiger partial charge in [0, 0.05) is 19.6 Å². The van der Waals surface area contributed by atoms with Crippen molar-refractivity contribution >= 4 is 0 Å². The molecule has 2 nitrogen and oxygen atoms in total. The van der Waals surface area contributed by atoms with Crippen LogP contribution in [0, 0.1) is 5.92 Å². The van der Waals surface area contributed by atoms with Crippen molar-refractivity contribution in [2.75, 3.05) is 33.7 Å². The third-order valence-corrected chi connectivity index (χ3v) is 3.19. The van der Waals surface area contributed by atoms with Gasteiger partial charge in [-0.15, -0.1) is 0 Å². The summed E-state index contributed by atoms with van der Waals surface area (Å²) in [6.07, 6.45) is 2.32. The summed E-state index contributed by atoms with van der Waals surface area (Å²) >= 11 is 0. The molecule has 0 radical (unpaired) electrons. The van der Waals surface area contributed by atoms with E-state index >= 15 is 0 Å². The molecule has 0 unspecified atom stereocenters. The molecule has 102 valence electrons. The Bertz CT molecular complexity index is 316. The van der Waals surface area contributed by atoms with Crippen LogP contribution in [0.25, 0.3) is 0 Å². The molecule has 2 heteroatoms. The van der Waals surface area contributed by atoms with Crippen LogP contribution < -0.4 is 5.32 Å². The van der Waals surface area contributed by atoms with Gasteiger partial charge in [0.1, 0.15) is 0 Å². The number of hydrogen-bond donors (Lipinski definition) is 1. The maximum atomic E-state index is 3.18. The Morgan fingerprint density at radius 3 is 2.22 bits per heavy atom. The van der Waals surface area contributed by atoms with Crippen LogP contribution in [0.4, 0.5) is 0 Å². The highest BCUT2D eigenvalue weighted by atomic mass is 15.1. The third kappa shape index (κ3) is 6.18. The Kier molecular flexibility index (Phi) is 6.99. The van der Waals surface area contributed by atoms with Gasteiger partial charge in [0.05, 0.1) is 0 Å². The Hall–Kier alpha value is -0.860. The van der Waals surface area contributed by atoms with Crippen LogP contribution in [0.5, 0.6) is 0 Å². The van der Waals surface area contributed by atoms with Crippen LogP contribution in [0.15, 0.2) is 24.3 Å². The summed E-state index contributed by atoms with van der Waals surface area (Å²) < 4.78 is 0. The fourth-order valence-electron chi connectivity index (χ4n) is 2.05. The largest absolute Gasteiger partial charge is 0.318 e. The summed E-state index contributed by atoms with van der Waals surface area (Å²) in [7, 11) is 4.19. The van der Waals surface area contributed by atoms with Gasteiger partial charge in [0.15, 0.2) is 0 Å². The van der Waals surface area contributed by atoms with Gasteiger partial charge < -0.3 is 10.2 Å². The van der Waals surface area contributed by atoms with Gasteiger partial charge in [-0.25, -0.2) is 0 Å². The minimum Gasteiger partial charge on any atom is -0.318 e. The van der Waals surface area contributed by atoms with Gasteiger partial charge in [-0.05, 0) is 44.0 Å². The van der Waals surface area contributed by atoms with E-state index in [9.17, 15) is 0 Å². The molecule has 0 aromatic heterocycles. The summed E-state index contributed by atoms with van der Waals surface area (Å²) in [6, 6.07) is 9.12. The first-order valence-corrected chi connectivity index (χ1v) is 7.02. The van der Waals surface area contributed by atoms with Gasteiger partial charge >= 0.3 is 0 Å². The van der Waals surface area contributed by atoms with E-state index in [4.69, 9.17) is 0 Å². The van der Waals surface area contributed by atoms with Crippen LogP contribution >= 0.6 is 0 Å². The number of rotatable bonds is 8. The molecule has 0 saturated carbocycles. The van der Waals surface area contributed by atoms with Crippen LogP contribution in [-0.2, 0) is 12.8 Å². The molecular formula is C16H28N2. The van der Waals surface area contributed by atoms with E-state index < -0.39 is 0 Å². The smallest absolute Gasteiger partial charge is 0.0104 e. The molecular weight excluding hydrogens is 220 g/mol. The molecule has 0 saturated heterocycles. The topological polar surface area (TPSA) is 15.3 Å². The zero-order chi connectivity index (χ0) is 13.4. The number of hydrogen-bond acceptors (Lipinski definition) is 2. The number of nitrogens with one attached hydrogen (secondary N) is 1. The lowest BCUT2D eigenvalue weighted by Gasteiger charge is -2.16. The molecule has 1 rings (SSSR count). The quantitative estimate of drug-likeness (QED) is 0.760. The van der Waals surface area contributed by atoms with Crippen molar-refractivity contribution in [2.24, 2.45) is 5.92 Å². The minimum atomic E-state index is 0.739. The highest BCUT2D eigenvalue weighted by Gasteiger charge is 2.00. The third-order valence-electron chi connectivity index (χ3n) is 3.19. The van der Waals surface area contributed by atoms with Crippen molar-refractivity contribution in [1.82, 2.24) is 10.2 Å². The number of nitrogens with zero attached hydrogens (tertiary/aromatic N) is 1. The van der Waals surface area contributed by atoms with E-state index in [2.05, 4.69) is 55.4 Å². The molecule has 0 amide bonds. The first kappa shape index (κ1) is 15.2. The predicted molar refractivity (Wildman–Crippen MR) is 80.1 cm³/mol. The highest BCUT2D eigenvalue weighted by Crippen LogP contribution is 2.10. The minimum absolute atomic E-state index is 0.739. The van der Waals surface area contributed by atoms with Crippen molar-refractivity contribution in [1.29, 1.82) is 0 Å². The normalized spacial score (nSPS) is 11.4. The lowest BCUT2D eigenvalue weighted by molar-refractivity contribution is 0.339. The van der Waals surface area contributed by atoms with Crippen molar-refractivity contribution < 1.29 is 0 Å². The average molecular weight is 248 g/mol. The SMILES string of the molecule is CNCCN(C)CCc1ccc(CC(C)C)cc1. The van der Waals surface area contributed by atoms with E-state index in [0.717, 1.165) is 32.0 Å². The molecule has 18 heavy (non-hydrogen) atoms. The van der Waals surface area contributed by atoms with E-state index in [0.29, 0.717) is 0 Å². The molecule has 0 aliphatic carbocycles. The van der Waals surface area contributed by atoms with Crippen LogP contribution in [0.1, 0.15) is 25.0 Å². The molecule has 0 bridgehead atoms. The molecule has 0 aliphatic heterocycles. The summed E-state index contributed by atoms with van der Waals surface area (Å²) in [6.45, 7) is 7.84. The van der Waals surface area contributed by atoms with Gasteiger partial charge in [0.25, 0.3) is 0 Å². The summed E-state index contributed by atoms with van der Waals surface area (Å²) in [5, 5.41) is 3.18. The molecule has 0 spiro atoms. The standard InChI is InChI=1S/C16H28N2/c1-14(2)13-16-7-5-15(6-8-16)9-11-18(4)12-10-17-3/h5-8,14,17H,9-13H2,1-4H3. The molecule has 0 heterocycles. The summed E-state index contributed by atoms with van der Waals surface area (Å²) in [5.41, 5.74) is 2.90. The lowest BCUT2D eigenvalue weighted by Crippen LogP contribution is -2.29. The molecule has 1 N–H and O–H groups in total. The molecule has 1 aromatic rings. The fraction of sp³-hybridized carbons (Fsp3) is 0.625. The first-order valence-electron chi connectivity index (χ1n) is 7.02. The number of benzene rings is 1. The average Bonchev–Trinajstić information content (AvgIpc) is 2.35. The van der Waals surface area contributed by atoms with Gasteiger partial charge in [0.2, 0.25) is 0 Å². The second kappa shape index (κ2) is 8.28. The van der Waals surface area contributed by atoms with Gasteiger partial charge in [-0.1, -0.05) is 38.1 Å². The van der Waals surface area contributed by atoms with Crippen molar-refractivity contribution in [3.8, 4) is 0 Å². The van der Waals surface area contributed by atoms with Crippen LogP contribution in [0.2, 0.25) is 0 Å². The zero-order valence-electron chi connectivity index (χ0n) is 12.4. The van der Waals surface area contributed by atoms with Crippen molar-refractivity contribution in [2.45, 2.75) is 26.7 Å². The molecule has 0 atom stereocenters. The highest BCUT2D eigenvalue weighted by molar-refractivity contribution is 5.23. The Balaban J connectivity index is 2.34. The summed E-state index contributed by atoms with van der Waals surface area (Å²) in [5.74, 6) is 0.739. The van der Waals surface area contributed by atoms with Gasteiger partial charge in [-0.2, -0.15) is 0 Å². The monoisotopic (exact) mass is 248 g/mol. The maximum Gasteiger partial charge on any atom is 0.0104 e. The van der Waals surface area contributed by atoms with Crippen molar-refractivity contribution in [3.05, 3.63) is 35.4 Å². The lowest BCUT2D eigenvalue weighted by atomic mass is 10.0. The zero-order valence-corrected chi connectivity index (χ0v) is 12.4. The maximum absolute atomic E-state index is 3.18. The molecule has 1 aromatic carbocycles. The van der Waals surface area contributed by atoms with Gasteiger partial charge in [-0.3, -0.25) is 0 Å². The summed E-state index contributed by atoms with van der Waals surface area (Å²) in [4.78, 5) is 2.37.